The summed E-state index contributed by atoms with van der Waals surface area (Å²) in [5, 5.41) is 0.851. The van der Waals surface area contributed by atoms with Crippen LogP contribution < -0.4 is 0 Å². The van der Waals surface area contributed by atoms with E-state index < -0.39 is 5.97 Å². The molecule has 0 aromatic rings. The minimum Gasteiger partial charge on any atom is -0.361 e. The zero-order valence-corrected chi connectivity index (χ0v) is 7.78. The lowest BCUT2D eigenvalue weighted by Crippen LogP contribution is -2.34. The second kappa shape index (κ2) is 6.19. The first-order chi connectivity index (χ1) is 6.15. The van der Waals surface area contributed by atoms with E-state index in [1.165, 1.54) is 7.11 Å². The molecule has 74 valence electrons. The summed E-state index contributed by atoms with van der Waals surface area (Å²) in [5.41, 5.74) is 0. The Balaban J connectivity index is 4.16. The molecule has 0 aromatic carbocycles. The molecule has 0 spiro atoms. The largest absolute Gasteiger partial charge is 0.361 e. The van der Waals surface area contributed by atoms with Crippen molar-refractivity contribution < 1.29 is 19.2 Å². The number of hydroxylamine groups is 2. The molecule has 0 heterocycles. The van der Waals surface area contributed by atoms with Crippen molar-refractivity contribution in [1.29, 1.82) is 0 Å². The molecule has 13 heavy (non-hydrogen) atoms. The van der Waals surface area contributed by atoms with E-state index in [4.69, 9.17) is 0 Å². The van der Waals surface area contributed by atoms with Crippen LogP contribution in [0.15, 0.2) is 12.7 Å². The maximum absolute atomic E-state index is 11.1. The van der Waals surface area contributed by atoms with Crippen LogP contribution >= 0.6 is 0 Å². The van der Waals surface area contributed by atoms with Crippen molar-refractivity contribution in [2.24, 2.45) is 0 Å². The van der Waals surface area contributed by atoms with Crippen LogP contribution in [0.4, 0.5) is 0 Å². The Morgan fingerprint density at radius 2 is 2.15 bits per heavy atom. The van der Waals surface area contributed by atoms with Gasteiger partial charge in [0, 0.05) is 19.6 Å². The molecule has 0 rings (SSSR count). The average Bonchev–Trinajstić information content (AvgIpc) is 2.15. The molecule has 0 saturated heterocycles. The van der Waals surface area contributed by atoms with Crippen LogP contribution in [0.1, 0.15) is 13.3 Å². The third-order valence-corrected chi connectivity index (χ3v) is 1.19. The number of ether oxygens (including phenoxy) is 1. The van der Waals surface area contributed by atoms with Gasteiger partial charge in [0.15, 0.2) is 6.73 Å². The summed E-state index contributed by atoms with van der Waals surface area (Å²) in [4.78, 5) is 26.4. The van der Waals surface area contributed by atoms with Gasteiger partial charge in [-0.15, -0.1) is 5.06 Å². The molecular weight excluding hydrogens is 174 g/mol. The first-order valence-corrected chi connectivity index (χ1v) is 3.79. The van der Waals surface area contributed by atoms with Crippen molar-refractivity contribution in [1.82, 2.24) is 5.06 Å². The highest BCUT2D eigenvalue weighted by molar-refractivity contribution is 5.83. The highest BCUT2D eigenvalue weighted by atomic mass is 16.7. The van der Waals surface area contributed by atoms with Crippen molar-refractivity contribution in [3.8, 4) is 0 Å². The predicted molar refractivity (Wildman–Crippen MR) is 45.3 cm³/mol. The zero-order valence-electron chi connectivity index (χ0n) is 7.78. The molecule has 0 saturated carbocycles. The van der Waals surface area contributed by atoms with Crippen molar-refractivity contribution >= 4 is 11.9 Å². The molecule has 5 heteroatoms. The zero-order chi connectivity index (χ0) is 10.3. The number of amides is 1. The summed E-state index contributed by atoms with van der Waals surface area (Å²) >= 11 is 0. The van der Waals surface area contributed by atoms with Gasteiger partial charge < -0.3 is 9.57 Å². The van der Waals surface area contributed by atoms with Crippen molar-refractivity contribution in [3.05, 3.63) is 12.7 Å². The number of hydrogen-bond donors (Lipinski definition) is 0. The minimum atomic E-state index is -0.682. The fraction of sp³-hybridized carbons (Fsp3) is 0.500. The molecule has 1 amide bonds. The summed E-state index contributed by atoms with van der Waals surface area (Å²) < 4.78 is 4.67. The number of methoxy groups -OCH3 is 1. The Morgan fingerprint density at radius 1 is 1.54 bits per heavy atom. The Labute approximate surface area is 76.9 Å². The van der Waals surface area contributed by atoms with Crippen LogP contribution in [0.25, 0.3) is 0 Å². The normalized spacial score (nSPS) is 9.08. The van der Waals surface area contributed by atoms with Crippen LogP contribution in [0.2, 0.25) is 0 Å². The fourth-order valence-electron chi connectivity index (χ4n) is 0.589. The van der Waals surface area contributed by atoms with Crippen molar-refractivity contribution in [2.75, 3.05) is 13.8 Å². The van der Waals surface area contributed by atoms with Gasteiger partial charge >= 0.3 is 5.97 Å². The second-order valence-electron chi connectivity index (χ2n) is 2.16. The molecule has 0 radical (unpaired) electrons. The van der Waals surface area contributed by atoms with E-state index in [2.05, 4.69) is 16.2 Å². The number of rotatable bonds is 4. The fourth-order valence-corrected chi connectivity index (χ4v) is 0.589. The lowest BCUT2D eigenvalue weighted by molar-refractivity contribution is -0.209. The first kappa shape index (κ1) is 11.6. The number of carbonyl (C=O) groups is 2. The van der Waals surface area contributed by atoms with E-state index in [0.717, 1.165) is 11.1 Å². The van der Waals surface area contributed by atoms with Gasteiger partial charge in [-0.25, -0.2) is 4.79 Å². The SMILES string of the molecule is C=CC(=O)ON(COC)C(=O)CC. The van der Waals surface area contributed by atoms with E-state index in [0.29, 0.717) is 0 Å². The monoisotopic (exact) mass is 187 g/mol. The van der Waals surface area contributed by atoms with Crippen molar-refractivity contribution in [2.45, 2.75) is 13.3 Å². The Kier molecular flexibility index (Phi) is 5.54. The molecule has 0 aliphatic carbocycles. The van der Waals surface area contributed by atoms with Crippen molar-refractivity contribution in [3.63, 3.8) is 0 Å². The Hall–Kier alpha value is -1.36. The highest BCUT2D eigenvalue weighted by Gasteiger charge is 2.14. The van der Waals surface area contributed by atoms with Gasteiger partial charge in [0.2, 0.25) is 0 Å². The molecular formula is C8H13NO4. The molecule has 0 aromatic heterocycles. The molecule has 5 nitrogen and oxygen atoms in total. The van der Waals surface area contributed by atoms with Gasteiger partial charge in [-0.2, -0.15) is 0 Å². The molecule has 0 N–H and O–H groups in total. The smallest absolute Gasteiger partial charge is 0.355 e. The molecule has 0 unspecified atom stereocenters. The van der Waals surface area contributed by atoms with Crippen LogP contribution in [0.3, 0.4) is 0 Å². The van der Waals surface area contributed by atoms with Gasteiger partial charge in [0.05, 0.1) is 0 Å². The predicted octanol–water partition coefficient (Wildman–Crippen LogP) is 0.473. The molecule has 0 atom stereocenters. The third-order valence-electron chi connectivity index (χ3n) is 1.19. The van der Waals surface area contributed by atoms with Crippen LogP contribution in [-0.4, -0.2) is 30.8 Å². The van der Waals surface area contributed by atoms with Gasteiger partial charge in [-0.05, 0) is 0 Å². The highest BCUT2D eigenvalue weighted by Crippen LogP contribution is 1.96. The second-order valence-corrected chi connectivity index (χ2v) is 2.16. The van der Waals surface area contributed by atoms with E-state index >= 15 is 0 Å². The van der Waals surface area contributed by atoms with Gasteiger partial charge in [0.1, 0.15) is 0 Å². The van der Waals surface area contributed by atoms with Gasteiger partial charge in [-0.3, -0.25) is 4.79 Å². The van der Waals surface area contributed by atoms with E-state index in [1.54, 1.807) is 6.92 Å². The summed E-state index contributed by atoms with van der Waals surface area (Å²) in [6.07, 6.45) is 1.22. The maximum atomic E-state index is 11.1. The number of nitrogens with zero attached hydrogens (tertiary/aromatic N) is 1. The topological polar surface area (TPSA) is 55.8 Å². The Bertz CT molecular complexity index is 202. The average molecular weight is 187 g/mol. The lowest BCUT2D eigenvalue weighted by atomic mass is 10.4. The Morgan fingerprint density at radius 3 is 2.54 bits per heavy atom. The third kappa shape index (κ3) is 4.27. The summed E-state index contributed by atoms with van der Waals surface area (Å²) in [6.45, 7) is 4.79. The van der Waals surface area contributed by atoms with E-state index in [-0.39, 0.29) is 19.1 Å². The maximum Gasteiger partial charge on any atom is 0.355 e. The summed E-state index contributed by atoms with van der Waals surface area (Å²) in [7, 11) is 1.40. The standard InChI is InChI=1S/C8H13NO4/c1-4-7(10)9(6-12-3)13-8(11)5-2/h5H,2,4,6H2,1,3H3. The molecule has 0 aliphatic rings. The molecule has 0 fully saturated rings. The quantitative estimate of drug-likeness (QED) is 0.365. The van der Waals surface area contributed by atoms with Gasteiger partial charge in [0.25, 0.3) is 5.91 Å². The summed E-state index contributed by atoms with van der Waals surface area (Å²) in [6, 6.07) is 0. The van der Waals surface area contributed by atoms with Crippen LogP contribution in [0, 0.1) is 0 Å². The molecule has 0 aliphatic heterocycles. The number of hydrogen-bond acceptors (Lipinski definition) is 4. The van der Waals surface area contributed by atoms with Gasteiger partial charge in [-0.1, -0.05) is 13.5 Å². The lowest BCUT2D eigenvalue weighted by Gasteiger charge is -2.18. The van der Waals surface area contributed by atoms with E-state index in [1.807, 2.05) is 0 Å². The summed E-state index contributed by atoms with van der Waals surface area (Å²) in [5.74, 6) is -1.00. The van der Waals surface area contributed by atoms with E-state index in [9.17, 15) is 9.59 Å². The van der Waals surface area contributed by atoms with Crippen LogP contribution in [-0.2, 0) is 19.2 Å². The minimum absolute atomic E-state index is 0.0771. The molecule has 0 bridgehead atoms. The first-order valence-electron chi connectivity index (χ1n) is 3.79. The number of carbonyl (C=O) groups excluding carboxylic acids is 2. The van der Waals surface area contributed by atoms with Crippen LogP contribution in [0.5, 0.6) is 0 Å².